The minimum Gasteiger partial charge on any atom is -0.333 e. The summed E-state index contributed by atoms with van der Waals surface area (Å²) in [5, 5.41) is 7.85. The molecule has 31 heavy (non-hydrogen) atoms. The van der Waals surface area contributed by atoms with Gasteiger partial charge in [-0.05, 0) is 44.7 Å². The van der Waals surface area contributed by atoms with Crippen LogP contribution in [0.3, 0.4) is 0 Å². The first kappa shape index (κ1) is 23.0. The molecule has 0 unspecified atom stereocenters. The molecule has 2 amide bonds. The van der Waals surface area contributed by atoms with Gasteiger partial charge >= 0.3 is 0 Å². The summed E-state index contributed by atoms with van der Waals surface area (Å²) >= 11 is 0. The van der Waals surface area contributed by atoms with E-state index < -0.39 is 0 Å². The van der Waals surface area contributed by atoms with E-state index in [0.717, 1.165) is 42.6 Å². The van der Waals surface area contributed by atoms with Crippen LogP contribution in [0.25, 0.3) is 5.69 Å². The number of rotatable bonds is 8. The molecule has 6 nitrogen and oxygen atoms in total. The Hall–Kier alpha value is -2.63. The second-order valence-corrected chi connectivity index (χ2v) is 9.80. The highest BCUT2D eigenvalue weighted by atomic mass is 16.2. The van der Waals surface area contributed by atoms with Gasteiger partial charge in [0, 0.05) is 23.9 Å². The predicted molar refractivity (Wildman–Crippen MR) is 125 cm³/mol. The Morgan fingerprint density at radius 3 is 2.48 bits per heavy atom. The first-order chi connectivity index (χ1) is 14.6. The van der Waals surface area contributed by atoms with Crippen molar-refractivity contribution in [3.8, 4) is 5.69 Å². The molecule has 1 aromatic carbocycles. The Balaban J connectivity index is 1.85. The van der Waals surface area contributed by atoms with Gasteiger partial charge in [-0.2, -0.15) is 5.10 Å². The summed E-state index contributed by atoms with van der Waals surface area (Å²) < 4.78 is 1.81. The van der Waals surface area contributed by atoms with E-state index in [1.165, 1.54) is 5.56 Å². The van der Waals surface area contributed by atoms with Crippen molar-refractivity contribution in [2.45, 2.75) is 72.6 Å². The van der Waals surface area contributed by atoms with E-state index in [9.17, 15) is 9.59 Å². The lowest BCUT2D eigenvalue weighted by Crippen LogP contribution is -2.39. The van der Waals surface area contributed by atoms with Crippen molar-refractivity contribution in [1.29, 1.82) is 0 Å². The molecule has 1 saturated carbocycles. The SMILES string of the molecule is CCCCN(CC(=O)Nc1cc(C(C)(C)C)nn1-c1ccc(C)cc1C)C(=O)C1CC1. The van der Waals surface area contributed by atoms with E-state index >= 15 is 0 Å². The van der Waals surface area contributed by atoms with Crippen LogP contribution in [0.2, 0.25) is 0 Å². The third-order valence-electron chi connectivity index (χ3n) is 5.68. The summed E-state index contributed by atoms with van der Waals surface area (Å²) in [7, 11) is 0. The molecule has 2 aromatic rings. The summed E-state index contributed by atoms with van der Waals surface area (Å²) in [6, 6.07) is 8.13. The van der Waals surface area contributed by atoms with Crippen LogP contribution in [0.5, 0.6) is 0 Å². The Labute approximate surface area is 186 Å². The second-order valence-electron chi connectivity index (χ2n) is 9.80. The zero-order valence-corrected chi connectivity index (χ0v) is 19.8. The van der Waals surface area contributed by atoms with Gasteiger partial charge in [-0.1, -0.05) is 51.8 Å². The molecule has 1 N–H and O–H groups in total. The highest BCUT2D eigenvalue weighted by Crippen LogP contribution is 2.31. The van der Waals surface area contributed by atoms with Gasteiger partial charge in [0.2, 0.25) is 11.8 Å². The van der Waals surface area contributed by atoms with E-state index in [0.29, 0.717) is 12.4 Å². The molecule has 0 spiro atoms. The Kier molecular flexibility index (Phi) is 6.87. The average Bonchev–Trinajstić information content (AvgIpc) is 3.45. The van der Waals surface area contributed by atoms with Crippen molar-refractivity contribution in [3.63, 3.8) is 0 Å². The molecule has 0 bridgehead atoms. The Morgan fingerprint density at radius 2 is 1.90 bits per heavy atom. The molecule has 1 fully saturated rings. The quantitative estimate of drug-likeness (QED) is 0.664. The van der Waals surface area contributed by atoms with Crippen LogP contribution in [0, 0.1) is 19.8 Å². The third-order valence-corrected chi connectivity index (χ3v) is 5.68. The lowest BCUT2D eigenvalue weighted by atomic mass is 9.92. The minimum absolute atomic E-state index is 0.0816. The van der Waals surface area contributed by atoms with Gasteiger partial charge in [-0.25, -0.2) is 4.68 Å². The molecule has 168 valence electrons. The molecule has 1 aliphatic rings. The number of aromatic nitrogens is 2. The number of hydrogen-bond donors (Lipinski definition) is 1. The molecule has 0 atom stereocenters. The monoisotopic (exact) mass is 424 g/mol. The van der Waals surface area contributed by atoms with E-state index in [1.807, 2.05) is 29.8 Å². The lowest BCUT2D eigenvalue weighted by Gasteiger charge is -2.22. The fourth-order valence-corrected chi connectivity index (χ4v) is 3.62. The highest BCUT2D eigenvalue weighted by Gasteiger charge is 2.34. The Morgan fingerprint density at radius 1 is 1.19 bits per heavy atom. The molecular formula is C25H36N4O2. The third kappa shape index (κ3) is 5.75. The maximum atomic E-state index is 13.0. The first-order valence-corrected chi connectivity index (χ1v) is 11.4. The number of nitrogens with zero attached hydrogens (tertiary/aromatic N) is 3. The largest absolute Gasteiger partial charge is 0.333 e. The zero-order valence-electron chi connectivity index (χ0n) is 19.8. The van der Waals surface area contributed by atoms with Crippen LogP contribution >= 0.6 is 0 Å². The topological polar surface area (TPSA) is 67.2 Å². The van der Waals surface area contributed by atoms with Gasteiger partial charge in [0.15, 0.2) is 0 Å². The number of unbranched alkanes of at least 4 members (excludes halogenated alkanes) is 1. The summed E-state index contributed by atoms with van der Waals surface area (Å²) in [4.78, 5) is 27.3. The summed E-state index contributed by atoms with van der Waals surface area (Å²) in [5.41, 5.74) is 3.96. The maximum absolute atomic E-state index is 13.0. The van der Waals surface area contributed by atoms with Gasteiger partial charge in [0.1, 0.15) is 5.82 Å². The van der Waals surface area contributed by atoms with E-state index in [2.05, 4.69) is 46.0 Å². The predicted octanol–water partition coefficient (Wildman–Crippen LogP) is 4.76. The zero-order chi connectivity index (χ0) is 22.8. The smallest absolute Gasteiger partial charge is 0.245 e. The summed E-state index contributed by atoms with van der Waals surface area (Å²) in [6.45, 7) is 13.2. The fraction of sp³-hybridized carbons (Fsp3) is 0.560. The number of nitrogens with one attached hydrogen (secondary N) is 1. The number of benzene rings is 1. The number of aryl methyl sites for hydroxylation is 2. The number of carbonyl (C=O) groups excluding carboxylic acids is 2. The summed E-state index contributed by atoms with van der Waals surface area (Å²) in [6.07, 6.45) is 3.78. The van der Waals surface area contributed by atoms with Crippen molar-refractivity contribution >= 4 is 17.6 Å². The van der Waals surface area contributed by atoms with Crippen LogP contribution < -0.4 is 5.32 Å². The van der Waals surface area contributed by atoms with Crippen LogP contribution in [-0.4, -0.2) is 39.6 Å². The standard InChI is InChI=1S/C25H36N4O2/c1-7-8-13-28(24(31)19-10-11-19)16-23(30)26-22-15-21(25(4,5)6)27-29(22)20-12-9-17(2)14-18(20)3/h9,12,14-15,19H,7-8,10-11,13,16H2,1-6H3,(H,26,30). The molecule has 1 heterocycles. The van der Waals surface area contributed by atoms with E-state index in [-0.39, 0.29) is 29.7 Å². The molecule has 1 aromatic heterocycles. The fourth-order valence-electron chi connectivity index (χ4n) is 3.62. The molecule has 6 heteroatoms. The van der Waals surface area contributed by atoms with Crippen LogP contribution in [0.1, 0.15) is 70.2 Å². The van der Waals surface area contributed by atoms with Gasteiger partial charge in [-0.15, -0.1) is 0 Å². The summed E-state index contributed by atoms with van der Waals surface area (Å²) in [5.74, 6) is 0.674. The van der Waals surface area contributed by atoms with Crippen molar-refractivity contribution < 1.29 is 9.59 Å². The number of amides is 2. The first-order valence-electron chi connectivity index (χ1n) is 11.4. The molecule has 0 radical (unpaired) electrons. The average molecular weight is 425 g/mol. The molecule has 1 aliphatic carbocycles. The van der Waals surface area contributed by atoms with E-state index in [4.69, 9.17) is 5.10 Å². The van der Waals surface area contributed by atoms with Gasteiger partial charge in [0.25, 0.3) is 0 Å². The molecule has 0 saturated heterocycles. The highest BCUT2D eigenvalue weighted by molar-refractivity contribution is 5.94. The lowest BCUT2D eigenvalue weighted by molar-refractivity contribution is -0.135. The van der Waals surface area contributed by atoms with Crippen LogP contribution in [0.4, 0.5) is 5.82 Å². The van der Waals surface area contributed by atoms with Crippen molar-refractivity contribution in [2.75, 3.05) is 18.4 Å². The Bertz CT molecular complexity index is 951. The van der Waals surface area contributed by atoms with Crippen molar-refractivity contribution in [1.82, 2.24) is 14.7 Å². The van der Waals surface area contributed by atoms with Crippen LogP contribution in [-0.2, 0) is 15.0 Å². The molecular weight excluding hydrogens is 388 g/mol. The van der Waals surface area contributed by atoms with Crippen molar-refractivity contribution in [3.05, 3.63) is 41.1 Å². The minimum atomic E-state index is -0.184. The van der Waals surface area contributed by atoms with Gasteiger partial charge < -0.3 is 10.2 Å². The number of anilines is 1. The van der Waals surface area contributed by atoms with Crippen LogP contribution in [0.15, 0.2) is 24.3 Å². The second kappa shape index (κ2) is 9.25. The normalized spacial score (nSPS) is 13.9. The number of carbonyl (C=O) groups is 2. The van der Waals surface area contributed by atoms with Gasteiger partial charge in [0.05, 0.1) is 17.9 Å². The molecule has 0 aliphatic heterocycles. The van der Waals surface area contributed by atoms with Gasteiger partial charge in [-0.3, -0.25) is 9.59 Å². The van der Waals surface area contributed by atoms with E-state index in [1.54, 1.807) is 4.90 Å². The maximum Gasteiger partial charge on any atom is 0.245 e. The molecule has 3 rings (SSSR count). The van der Waals surface area contributed by atoms with Crippen molar-refractivity contribution in [2.24, 2.45) is 5.92 Å². The number of hydrogen-bond acceptors (Lipinski definition) is 3.